The third-order valence-corrected chi connectivity index (χ3v) is 8.64. The predicted octanol–water partition coefficient (Wildman–Crippen LogP) is 11.8. The van der Waals surface area contributed by atoms with Crippen LogP contribution in [0.2, 0.25) is 0 Å². The first-order valence-electron chi connectivity index (χ1n) is 18.4. The van der Waals surface area contributed by atoms with Crippen molar-refractivity contribution in [2.45, 2.75) is 0 Å². The third kappa shape index (κ3) is 5.45. The maximum Gasteiger partial charge on any atom is 0.164 e. The minimum absolute atomic E-state index is 0.0188. The summed E-state index contributed by atoms with van der Waals surface area (Å²) in [6, 6.07) is 46.1. The Hall–Kier alpha value is -6.65. The SMILES string of the molecule is [2H]c1c([2H])c([2H])c(-c2nc(-c3ccc(-c4ccccc4)cc3)nc(-c3ccc4oc5cccc(-c6cccc(-c7ccccc7)c6)c5c4c3)n2)c([2H])c1[2H]. The Morgan fingerprint density at radius 2 is 0.939 bits per heavy atom. The normalized spacial score (nSPS) is 12.7. The van der Waals surface area contributed by atoms with Gasteiger partial charge in [-0.05, 0) is 63.7 Å². The Morgan fingerprint density at radius 3 is 1.67 bits per heavy atom. The Bertz CT molecular complexity index is 2850. The molecule has 0 N–H and O–H groups in total. The molecule has 49 heavy (non-hydrogen) atoms. The van der Waals surface area contributed by atoms with Crippen LogP contribution in [-0.2, 0) is 0 Å². The van der Waals surface area contributed by atoms with Crippen LogP contribution in [-0.4, -0.2) is 15.0 Å². The maximum absolute atomic E-state index is 8.71. The fourth-order valence-electron chi connectivity index (χ4n) is 6.25. The molecule has 0 atom stereocenters. The molecular weight excluding hydrogens is 599 g/mol. The Morgan fingerprint density at radius 1 is 0.388 bits per heavy atom. The van der Waals surface area contributed by atoms with E-state index in [0.717, 1.165) is 49.7 Å². The lowest BCUT2D eigenvalue weighted by Crippen LogP contribution is -2.00. The molecule has 0 aliphatic rings. The van der Waals surface area contributed by atoms with E-state index in [1.165, 1.54) is 0 Å². The second kappa shape index (κ2) is 12.2. The molecule has 0 amide bonds. The lowest BCUT2D eigenvalue weighted by atomic mass is 9.95. The fourth-order valence-corrected chi connectivity index (χ4v) is 6.25. The highest BCUT2D eigenvalue weighted by atomic mass is 16.3. The number of rotatable bonds is 6. The van der Waals surface area contributed by atoms with Crippen molar-refractivity contribution in [1.29, 1.82) is 0 Å². The summed E-state index contributed by atoms with van der Waals surface area (Å²) < 4.78 is 48.6. The van der Waals surface area contributed by atoms with E-state index in [4.69, 9.17) is 26.2 Å². The van der Waals surface area contributed by atoms with Crippen LogP contribution < -0.4 is 0 Å². The number of hydrogen-bond acceptors (Lipinski definition) is 4. The molecule has 0 bridgehead atoms. The Kier molecular flexibility index (Phi) is 5.87. The van der Waals surface area contributed by atoms with Gasteiger partial charge in [0.25, 0.3) is 0 Å². The molecule has 0 saturated carbocycles. The monoisotopic (exact) mass is 632 g/mol. The number of furan rings is 1. The largest absolute Gasteiger partial charge is 0.456 e. The average Bonchev–Trinajstić information content (AvgIpc) is 3.61. The Labute approximate surface area is 291 Å². The molecule has 0 saturated heterocycles. The Balaban J connectivity index is 1.23. The van der Waals surface area contributed by atoms with Gasteiger partial charge in [-0.25, -0.2) is 15.0 Å². The van der Waals surface area contributed by atoms with Gasteiger partial charge in [0.2, 0.25) is 0 Å². The van der Waals surface area contributed by atoms with Gasteiger partial charge in [0.15, 0.2) is 17.5 Å². The zero-order chi connectivity index (χ0) is 36.9. The lowest BCUT2D eigenvalue weighted by Gasteiger charge is -2.10. The molecule has 0 unspecified atom stereocenters. The van der Waals surface area contributed by atoms with Gasteiger partial charge in [0.05, 0.1) is 6.85 Å². The first-order valence-corrected chi connectivity index (χ1v) is 15.9. The van der Waals surface area contributed by atoms with Crippen molar-refractivity contribution < 1.29 is 11.3 Å². The van der Waals surface area contributed by atoms with E-state index in [1.807, 2.05) is 103 Å². The number of benzene rings is 7. The number of aromatic nitrogens is 3. The van der Waals surface area contributed by atoms with Crippen LogP contribution in [0.3, 0.4) is 0 Å². The van der Waals surface area contributed by atoms with Crippen molar-refractivity contribution in [1.82, 2.24) is 15.0 Å². The molecule has 4 heteroatoms. The molecule has 230 valence electrons. The van der Waals surface area contributed by atoms with E-state index in [0.29, 0.717) is 22.5 Å². The van der Waals surface area contributed by atoms with Gasteiger partial charge in [0.1, 0.15) is 11.2 Å². The summed E-state index contributed by atoms with van der Waals surface area (Å²) in [7, 11) is 0. The van der Waals surface area contributed by atoms with Gasteiger partial charge in [0, 0.05) is 27.5 Å². The topological polar surface area (TPSA) is 51.8 Å². The molecule has 0 aliphatic heterocycles. The summed E-state index contributed by atoms with van der Waals surface area (Å²) in [5.74, 6) is 0.570. The zero-order valence-corrected chi connectivity index (χ0v) is 26.1. The molecule has 4 nitrogen and oxygen atoms in total. The van der Waals surface area contributed by atoms with E-state index in [2.05, 4.69) is 42.5 Å². The van der Waals surface area contributed by atoms with Gasteiger partial charge in [-0.2, -0.15) is 0 Å². The number of hydrogen-bond donors (Lipinski definition) is 0. The van der Waals surface area contributed by atoms with Crippen molar-refractivity contribution in [2.75, 3.05) is 0 Å². The van der Waals surface area contributed by atoms with Gasteiger partial charge < -0.3 is 4.42 Å². The summed E-state index contributed by atoms with van der Waals surface area (Å²) in [5, 5.41) is 1.80. The smallest absolute Gasteiger partial charge is 0.164 e. The number of nitrogens with zero attached hydrogens (tertiary/aromatic N) is 3. The zero-order valence-electron chi connectivity index (χ0n) is 31.1. The molecular formula is C45H29N3O. The predicted molar refractivity (Wildman–Crippen MR) is 200 cm³/mol. The van der Waals surface area contributed by atoms with Gasteiger partial charge in [-0.3, -0.25) is 0 Å². The standard InChI is InChI=1S/C45H29N3O/c1-4-12-30(13-5-1)32-22-24-34(25-23-32)44-46-43(33-16-8-3-9-17-33)47-45(48-44)37-26-27-40-39(29-37)42-38(20-11-21-41(42)49-40)36-19-10-18-35(28-36)31-14-6-2-7-15-31/h1-29H/i3D,8D,9D,16D,17D. The van der Waals surface area contributed by atoms with Crippen LogP contribution in [0.5, 0.6) is 0 Å². The van der Waals surface area contributed by atoms with Crippen LogP contribution in [0, 0.1) is 0 Å². The van der Waals surface area contributed by atoms with Gasteiger partial charge in [-0.1, -0.05) is 145 Å². The van der Waals surface area contributed by atoms with Crippen molar-refractivity contribution >= 4 is 21.9 Å². The molecule has 0 aliphatic carbocycles. The van der Waals surface area contributed by atoms with E-state index < -0.39 is 18.1 Å². The molecule has 9 aromatic rings. The van der Waals surface area contributed by atoms with Crippen molar-refractivity contribution in [3.63, 3.8) is 0 Å². The van der Waals surface area contributed by atoms with Gasteiger partial charge >= 0.3 is 0 Å². The van der Waals surface area contributed by atoms with Crippen molar-refractivity contribution in [2.24, 2.45) is 0 Å². The highest BCUT2D eigenvalue weighted by molar-refractivity contribution is 6.13. The maximum atomic E-state index is 8.71. The molecule has 2 aromatic heterocycles. The van der Waals surface area contributed by atoms with E-state index in [9.17, 15) is 0 Å². The summed E-state index contributed by atoms with van der Waals surface area (Å²) in [6.45, 7) is 0. The fraction of sp³-hybridized carbons (Fsp3) is 0. The van der Waals surface area contributed by atoms with Crippen LogP contribution in [0.1, 0.15) is 6.85 Å². The molecule has 0 spiro atoms. The second-order valence-corrected chi connectivity index (χ2v) is 11.7. The minimum Gasteiger partial charge on any atom is -0.456 e. The van der Waals surface area contributed by atoms with Gasteiger partial charge in [-0.15, -0.1) is 0 Å². The van der Waals surface area contributed by atoms with Crippen LogP contribution in [0.25, 0.3) is 89.5 Å². The van der Waals surface area contributed by atoms with Crippen molar-refractivity contribution in [3.05, 3.63) is 176 Å². The molecule has 0 fully saturated rings. The van der Waals surface area contributed by atoms with E-state index in [1.54, 1.807) is 0 Å². The van der Waals surface area contributed by atoms with Crippen LogP contribution >= 0.6 is 0 Å². The number of fused-ring (bicyclic) bond motifs is 3. The molecule has 0 radical (unpaired) electrons. The summed E-state index contributed by atoms with van der Waals surface area (Å²) >= 11 is 0. The first-order chi connectivity index (χ1) is 26.3. The second-order valence-electron chi connectivity index (χ2n) is 11.7. The quantitative estimate of drug-likeness (QED) is 0.183. The lowest BCUT2D eigenvalue weighted by molar-refractivity contribution is 0.669. The molecule has 9 rings (SSSR count). The van der Waals surface area contributed by atoms with Crippen LogP contribution in [0.4, 0.5) is 0 Å². The summed E-state index contributed by atoms with van der Waals surface area (Å²) in [4.78, 5) is 14.4. The molecule has 7 aromatic carbocycles. The summed E-state index contributed by atoms with van der Waals surface area (Å²) in [6.07, 6.45) is 0. The van der Waals surface area contributed by atoms with Crippen molar-refractivity contribution in [3.8, 4) is 67.5 Å². The highest BCUT2D eigenvalue weighted by Gasteiger charge is 2.17. The molecule has 2 heterocycles. The minimum atomic E-state index is -0.484. The third-order valence-electron chi connectivity index (χ3n) is 8.64. The van der Waals surface area contributed by atoms with Crippen LogP contribution in [0.15, 0.2) is 180 Å². The average molecular weight is 633 g/mol. The first kappa shape index (κ1) is 23.6. The highest BCUT2D eigenvalue weighted by Crippen LogP contribution is 2.39. The summed E-state index contributed by atoms with van der Waals surface area (Å²) in [5.41, 5.74) is 9.02. The van der Waals surface area contributed by atoms with E-state index >= 15 is 0 Å². The van der Waals surface area contributed by atoms with E-state index in [-0.39, 0.29) is 29.3 Å².